The summed E-state index contributed by atoms with van der Waals surface area (Å²) in [5.74, 6) is -1.68. The summed E-state index contributed by atoms with van der Waals surface area (Å²) in [6, 6.07) is 15.1. The van der Waals surface area contributed by atoms with E-state index in [1.54, 1.807) is 37.3 Å². The lowest BCUT2D eigenvalue weighted by molar-refractivity contribution is -0.126. The van der Waals surface area contributed by atoms with E-state index in [1.807, 2.05) is 0 Å². The van der Waals surface area contributed by atoms with E-state index in [0.29, 0.717) is 28.6 Å². The second-order valence-electron chi connectivity index (χ2n) is 7.60. The number of nitrogens with one attached hydrogen (secondary N) is 3. The Morgan fingerprint density at radius 3 is 2.42 bits per heavy atom. The smallest absolute Gasteiger partial charge is 0.262 e. The van der Waals surface area contributed by atoms with Crippen molar-refractivity contribution in [1.82, 2.24) is 5.43 Å². The van der Waals surface area contributed by atoms with E-state index in [-0.39, 0.29) is 23.1 Å². The molecule has 0 aliphatic heterocycles. The van der Waals surface area contributed by atoms with Gasteiger partial charge < -0.3 is 20.1 Å². The number of halogens is 3. The minimum atomic E-state index is -0.635. The monoisotopic (exact) mass is 560 g/mol. The largest absolute Gasteiger partial charge is 0.490 e. The topological polar surface area (TPSA) is 118 Å². The Labute approximate surface area is 227 Å². The number of nitrogens with zero attached hydrogens (tertiary/aromatic N) is 1. The van der Waals surface area contributed by atoms with E-state index in [0.717, 1.165) is 0 Å². The molecule has 3 rings (SSSR count). The summed E-state index contributed by atoms with van der Waals surface area (Å²) >= 11 is 11.7. The molecule has 0 aliphatic carbocycles. The first-order valence-corrected chi connectivity index (χ1v) is 12.0. The number of para-hydroxylation sites is 1. The van der Waals surface area contributed by atoms with Crippen LogP contribution in [0.15, 0.2) is 65.8 Å². The number of hydrogen-bond acceptors (Lipinski definition) is 6. The molecule has 3 N–H and O–H groups in total. The molecule has 0 spiro atoms. The van der Waals surface area contributed by atoms with Crippen LogP contribution in [0, 0.1) is 5.82 Å². The standard InChI is InChI=1S/C26H23Cl2FN4O5/c1-2-37-23-11-16(7-10-22(23)38-15-26(36)32-21-6-4-3-5-20(21)29)14-30-33-25(35)13-24(34)31-17-8-9-18(27)19(28)12-17/h3-12,14H,2,13,15H2,1H3,(H,31,34)(H,32,36)(H,33,35). The summed E-state index contributed by atoms with van der Waals surface area (Å²) < 4.78 is 24.8. The van der Waals surface area contributed by atoms with Crippen LogP contribution in [0.2, 0.25) is 10.0 Å². The van der Waals surface area contributed by atoms with Crippen LogP contribution in [0.1, 0.15) is 18.9 Å². The third kappa shape index (κ3) is 8.75. The van der Waals surface area contributed by atoms with Crippen LogP contribution < -0.4 is 25.5 Å². The van der Waals surface area contributed by atoms with Crippen molar-refractivity contribution in [2.75, 3.05) is 23.8 Å². The van der Waals surface area contributed by atoms with Crippen molar-refractivity contribution in [1.29, 1.82) is 0 Å². The molecule has 198 valence electrons. The molecule has 0 bridgehead atoms. The van der Waals surface area contributed by atoms with E-state index in [4.69, 9.17) is 32.7 Å². The second kappa shape index (κ2) is 14.0. The minimum absolute atomic E-state index is 0.0478. The fraction of sp³-hybridized carbons (Fsp3) is 0.154. The van der Waals surface area contributed by atoms with Gasteiger partial charge in [-0.15, -0.1) is 0 Å². The highest BCUT2D eigenvalue weighted by atomic mass is 35.5. The minimum Gasteiger partial charge on any atom is -0.490 e. The van der Waals surface area contributed by atoms with Crippen molar-refractivity contribution in [2.45, 2.75) is 13.3 Å². The van der Waals surface area contributed by atoms with Gasteiger partial charge in [0.1, 0.15) is 12.2 Å². The molecule has 3 aromatic carbocycles. The fourth-order valence-electron chi connectivity index (χ4n) is 3.03. The Balaban J connectivity index is 1.52. The number of benzene rings is 3. The molecule has 38 heavy (non-hydrogen) atoms. The Morgan fingerprint density at radius 2 is 1.68 bits per heavy atom. The number of rotatable bonds is 11. The number of hydrogen-bond donors (Lipinski definition) is 3. The molecular formula is C26H23Cl2FN4O5. The second-order valence-corrected chi connectivity index (χ2v) is 8.42. The Morgan fingerprint density at radius 1 is 0.895 bits per heavy atom. The predicted molar refractivity (Wildman–Crippen MR) is 144 cm³/mol. The summed E-state index contributed by atoms with van der Waals surface area (Å²) in [4.78, 5) is 36.2. The van der Waals surface area contributed by atoms with Crippen LogP contribution in [0.3, 0.4) is 0 Å². The highest BCUT2D eigenvalue weighted by Gasteiger charge is 2.12. The van der Waals surface area contributed by atoms with Gasteiger partial charge in [0.05, 0.1) is 28.6 Å². The van der Waals surface area contributed by atoms with Gasteiger partial charge in [0.25, 0.3) is 5.91 Å². The van der Waals surface area contributed by atoms with E-state index in [9.17, 15) is 18.8 Å². The van der Waals surface area contributed by atoms with E-state index in [1.165, 1.54) is 36.5 Å². The number of anilines is 2. The zero-order valence-corrected chi connectivity index (χ0v) is 21.6. The molecule has 0 unspecified atom stereocenters. The van der Waals surface area contributed by atoms with Gasteiger partial charge in [-0.2, -0.15) is 5.10 Å². The summed E-state index contributed by atoms with van der Waals surface area (Å²) in [6.07, 6.45) is 0.884. The summed E-state index contributed by atoms with van der Waals surface area (Å²) in [5, 5.41) is 9.43. The summed E-state index contributed by atoms with van der Waals surface area (Å²) in [7, 11) is 0. The highest BCUT2D eigenvalue weighted by Crippen LogP contribution is 2.28. The molecule has 0 aliphatic rings. The van der Waals surface area contributed by atoms with Crippen LogP contribution >= 0.6 is 23.2 Å². The van der Waals surface area contributed by atoms with Gasteiger partial charge in [0, 0.05) is 5.69 Å². The number of carbonyl (C=O) groups is 3. The number of amides is 3. The zero-order valence-electron chi connectivity index (χ0n) is 20.1. The molecule has 3 aromatic rings. The maximum absolute atomic E-state index is 13.7. The third-order valence-corrected chi connectivity index (χ3v) is 5.44. The number of hydrazone groups is 1. The molecule has 0 saturated heterocycles. The molecule has 0 radical (unpaired) electrons. The zero-order chi connectivity index (χ0) is 27.5. The van der Waals surface area contributed by atoms with Gasteiger partial charge >= 0.3 is 0 Å². The van der Waals surface area contributed by atoms with E-state index in [2.05, 4.69) is 21.2 Å². The first-order valence-electron chi connectivity index (χ1n) is 11.3. The van der Waals surface area contributed by atoms with Crippen molar-refractivity contribution >= 4 is 58.5 Å². The average Bonchev–Trinajstić information content (AvgIpc) is 2.87. The molecule has 0 heterocycles. The molecule has 12 heteroatoms. The highest BCUT2D eigenvalue weighted by molar-refractivity contribution is 6.42. The molecule has 0 atom stereocenters. The number of carbonyl (C=O) groups excluding carboxylic acids is 3. The lowest BCUT2D eigenvalue weighted by Crippen LogP contribution is -2.24. The molecule has 0 aromatic heterocycles. The van der Waals surface area contributed by atoms with Crippen molar-refractivity contribution in [3.05, 3.63) is 82.1 Å². The lowest BCUT2D eigenvalue weighted by Gasteiger charge is -2.13. The SMILES string of the molecule is CCOc1cc(C=NNC(=O)CC(=O)Nc2ccc(Cl)c(Cl)c2)ccc1OCC(=O)Nc1ccccc1F. The molecule has 0 fully saturated rings. The Kier molecular flexibility index (Phi) is 10.4. The van der Waals surface area contributed by atoms with Crippen LogP contribution in [0.25, 0.3) is 0 Å². The first kappa shape index (κ1) is 28.4. The van der Waals surface area contributed by atoms with Crippen LogP contribution in [0.4, 0.5) is 15.8 Å². The molecule has 0 saturated carbocycles. The van der Waals surface area contributed by atoms with Gasteiger partial charge in [-0.05, 0) is 61.0 Å². The Bertz CT molecular complexity index is 1350. The van der Waals surface area contributed by atoms with Gasteiger partial charge in [-0.1, -0.05) is 35.3 Å². The third-order valence-electron chi connectivity index (χ3n) is 4.70. The van der Waals surface area contributed by atoms with Crippen molar-refractivity contribution < 1.29 is 28.2 Å². The predicted octanol–water partition coefficient (Wildman–Crippen LogP) is 5.03. The molecule has 9 nitrogen and oxygen atoms in total. The van der Waals surface area contributed by atoms with Gasteiger partial charge in [0.2, 0.25) is 11.8 Å². The van der Waals surface area contributed by atoms with Crippen LogP contribution in [-0.4, -0.2) is 37.1 Å². The van der Waals surface area contributed by atoms with Crippen LogP contribution in [0.5, 0.6) is 11.5 Å². The quantitative estimate of drug-likeness (QED) is 0.173. The normalized spacial score (nSPS) is 10.6. The van der Waals surface area contributed by atoms with E-state index >= 15 is 0 Å². The number of ether oxygens (including phenoxy) is 2. The fourth-order valence-corrected chi connectivity index (χ4v) is 3.33. The first-order chi connectivity index (χ1) is 18.2. The van der Waals surface area contributed by atoms with Crippen molar-refractivity contribution in [2.24, 2.45) is 5.10 Å². The summed E-state index contributed by atoms with van der Waals surface area (Å²) in [5.41, 5.74) is 3.27. The molecule has 3 amide bonds. The molecular weight excluding hydrogens is 538 g/mol. The van der Waals surface area contributed by atoms with Crippen molar-refractivity contribution in [3.8, 4) is 11.5 Å². The lowest BCUT2D eigenvalue weighted by atomic mass is 10.2. The van der Waals surface area contributed by atoms with Gasteiger partial charge in [-0.3, -0.25) is 14.4 Å². The average molecular weight is 561 g/mol. The maximum Gasteiger partial charge on any atom is 0.262 e. The van der Waals surface area contributed by atoms with E-state index < -0.39 is 30.0 Å². The van der Waals surface area contributed by atoms with Gasteiger partial charge in [-0.25, -0.2) is 9.82 Å². The van der Waals surface area contributed by atoms with Crippen molar-refractivity contribution in [3.63, 3.8) is 0 Å². The van der Waals surface area contributed by atoms with Crippen LogP contribution in [-0.2, 0) is 14.4 Å². The Hall–Kier alpha value is -4.15. The van der Waals surface area contributed by atoms with Gasteiger partial charge in [0.15, 0.2) is 18.1 Å². The summed E-state index contributed by atoms with van der Waals surface area (Å²) in [6.45, 7) is 1.73. The maximum atomic E-state index is 13.7.